The highest BCUT2D eigenvalue weighted by atomic mass is 16.8. The van der Waals surface area contributed by atoms with E-state index in [1.54, 1.807) is 91.0 Å². The molecule has 1 unspecified atom stereocenters. The Hall–Kier alpha value is -14.8. The van der Waals surface area contributed by atoms with Crippen molar-refractivity contribution in [1.29, 1.82) is 0 Å². The van der Waals surface area contributed by atoms with E-state index < -0.39 is 215 Å². The zero-order chi connectivity index (χ0) is 92.7. The first-order chi connectivity index (χ1) is 64.8. The maximum atomic E-state index is 15.2. The zero-order valence-electron chi connectivity index (χ0n) is 70.3. The van der Waals surface area contributed by atoms with E-state index in [2.05, 4.69) is 0 Å². The fourth-order valence-corrected chi connectivity index (χ4v) is 14.9. The number of benzene rings is 11. The van der Waals surface area contributed by atoms with Crippen LogP contribution in [0.1, 0.15) is 114 Å². The highest BCUT2D eigenvalue weighted by Gasteiger charge is 2.59. The molecule has 20 atom stereocenters. The van der Waals surface area contributed by atoms with E-state index in [1.165, 1.54) is 243 Å². The summed E-state index contributed by atoms with van der Waals surface area (Å²) < 4.78 is 115. The summed E-state index contributed by atoms with van der Waals surface area (Å²) in [6.45, 7) is -3.92. The van der Waals surface area contributed by atoms with Gasteiger partial charge in [0.15, 0.2) is 86.2 Å². The first-order valence-electron chi connectivity index (χ1n) is 42.1. The third kappa shape index (κ3) is 23.5. The highest BCUT2D eigenvalue weighted by Crippen LogP contribution is 2.39. The molecule has 0 aliphatic carbocycles. The molecular weight excluding hydrogens is 1730 g/mol. The molecule has 0 amide bonds. The summed E-state index contributed by atoms with van der Waals surface area (Å²) in [6, 6.07) is 81.9. The predicted molar refractivity (Wildman–Crippen MR) is 460 cm³/mol. The van der Waals surface area contributed by atoms with Crippen LogP contribution in [-0.2, 0) is 85.3 Å². The van der Waals surface area contributed by atoms with Crippen molar-refractivity contribution in [2.45, 2.75) is 123 Å². The van der Waals surface area contributed by atoms with Crippen molar-refractivity contribution in [2.75, 3.05) is 26.4 Å². The quantitative estimate of drug-likeness (QED) is 0.0260. The number of rotatable bonds is 32. The molecule has 3 N–H and O–H groups in total. The average Bonchev–Trinajstić information content (AvgIpc) is 0.786. The molecule has 11 aromatic carbocycles. The Kier molecular flexibility index (Phi) is 31.2. The maximum Gasteiger partial charge on any atom is 0.338 e. The molecule has 0 aromatic heterocycles. The first-order valence-corrected chi connectivity index (χ1v) is 42.1. The van der Waals surface area contributed by atoms with Crippen molar-refractivity contribution in [1.82, 2.24) is 0 Å². The topological polar surface area (TPSA) is 415 Å². The molecule has 32 heteroatoms. The monoisotopic (exact) mass is 1810 g/mol. The molecule has 4 aliphatic rings. The SMILES string of the molecule is O=C(OC[C@H]1O[C@@H](OC[C@H]2O[C@@H](OC[C@H]3O[C@@H](OC[C@H]4OC(O)[C@H](OC(=O)c5ccccc5)[C@@H](OC(=O)c5ccccc5)[C@@H]4OC(=O)c4ccccc4)[C@H](OC(=O)c4ccccc4)[C@@H](O)[C@@H]3OC(=O)c3ccccc3)[C@H](OC(=O)c3ccccc3)[C@@H](OC(=O)c3ccccc3)[C@@H]2OC(=O)c2ccccc2)[C@H](OC(=O)c2ccccc2)[C@@H](O)[C@@H]1OC(=O)c1ccccc1)c1ccccc1. The number of ether oxygens (including phenoxy) is 18. The van der Waals surface area contributed by atoms with E-state index in [-0.39, 0.29) is 61.2 Å². The van der Waals surface area contributed by atoms with Gasteiger partial charge in [0.1, 0.15) is 43.2 Å². The lowest BCUT2D eigenvalue weighted by Gasteiger charge is -2.47. The molecule has 4 heterocycles. The summed E-state index contributed by atoms with van der Waals surface area (Å²) in [5.74, 6) is -11.9. The van der Waals surface area contributed by atoms with Crippen LogP contribution in [0.15, 0.2) is 334 Å². The molecule has 15 rings (SSSR count). The van der Waals surface area contributed by atoms with Gasteiger partial charge in [-0.25, -0.2) is 52.7 Å². The molecular formula is C101H86O32. The second kappa shape index (κ2) is 44.7. The van der Waals surface area contributed by atoms with Gasteiger partial charge >= 0.3 is 65.7 Å². The molecule has 32 nitrogen and oxygen atoms in total. The van der Waals surface area contributed by atoms with Crippen molar-refractivity contribution in [2.24, 2.45) is 0 Å². The molecule has 682 valence electrons. The summed E-state index contributed by atoms with van der Waals surface area (Å²) in [5, 5.41) is 38.4. The molecule has 11 aromatic rings. The molecule has 133 heavy (non-hydrogen) atoms. The van der Waals surface area contributed by atoms with Gasteiger partial charge in [-0.15, -0.1) is 0 Å². The number of aliphatic hydroxyl groups excluding tert-OH is 3. The van der Waals surface area contributed by atoms with Crippen LogP contribution in [0.25, 0.3) is 0 Å². The fraction of sp³-hybridized carbons (Fsp3) is 0.238. The molecule has 0 saturated carbocycles. The van der Waals surface area contributed by atoms with Gasteiger partial charge in [0.2, 0.25) is 0 Å². The van der Waals surface area contributed by atoms with Gasteiger partial charge in [0.25, 0.3) is 0 Å². The lowest BCUT2D eigenvalue weighted by molar-refractivity contribution is -0.344. The van der Waals surface area contributed by atoms with Crippen LogP contribution >= 0.6 is 0 Å². The van der Waals surface area contributed by atoms with Gasteiger partial charge in [-0.1, -0.05) is 200 Å². The van der Waals surface area contributed by atoms with Gasteiger partial charge in [-0.2, -0.15) is 0 Å². The van der Waals surface area contributed by atoms with Gasteiger partial charge in [-0.3, -0.25) is 0 Å². The Balaban J connectivity index is 0.830. The number of hydrogen-bond acceptors (Lipinski definition) is 32. The molecule has 0 spiro atoms. The Labute approximate surface area is 759 Å². The van der Waals surface area contributed by atoms with E-state index in [0.717, 1.165) is 0 Å². The summed E-state index contributed by atoms with van der Waals surface area (Å²) >= 11 is 0. The molecule has 4 aliphatic heterocycles. The Morgan fingerprint density at radius 3 is 0.617 bits per heavy atom. The molecule has 0 radical (unpaired) electrons. The number of aliphatic hydroxyl groups is 3. The summed E-state index contributed by atoms with van der Waals surface area (Å²) in [7, 11) is 0. The number of hydrogen-bond donors (Lipinski definition) is 3. The minimum atomic E-state index is -2.32. The second-order valence-corrected chi connectivity index (χ2v) is 30.5. The Morgan fingerprint density at radius 1 is 0.188 bits per heavy atom. The number of esters is 11. The summed E-state index contributed by atoms with van der Waals surface area (Å²) in [6.07, 6.45) is -41.5. The minimum Gasteiger partial charge on any atom is -0.459 e. The third-order valence-corrected chi connectivity index (χ3v) is 21.6. The minimum absolute atomic E-state index is 0.00834. The number of carbonyl (C=O) groups excluding carboxylic acids is 11. The highest BCUT2D eigenvalue weighted by molar-refractivity contribution is 5.95. The van der Waals surface area contributed by atoms with Crippen LogP contribution in [0.5, 0.6) is 0 Å². The van der Waals surface area contributed by atoms with Crippen molar-refractivity contribution in [3.8, 4) is 0 Å². The molecule has 4 fully saturated rings. The van der Waals surface area contributed by atoms with Crippen LogP contribution < -0.4 is 0 Å². The maximum absolute atomic E-state index is 15.2. The van der Waals surface area contributed by atoms with E-state index in [4.69, 9.17) is 85.3 Å². The smallest absolute Gasteiger partial charge is 0.338 e. The standard InChI is InChI=1S/C101H86O32/c102-75-77(124-88(105)61-36-14-2-15-37-61)71(56-116-87(104)60-34-12-1-13-35-60)121-100(81(75)128-92(109)65-44-22-6-23-45-65)118-59-74-80(127-91(108)64-42-20-5-21-43-64)84(131-95(112)68-50-28-9-29-51-68)86(133-97(114)70-54-32-11-33-55-70)101(123-74)119-57-72-78(125-89(106)62-38-16-3-17-39-62)76(103)82(129-93(110)66-46-24-7-25-47-66)99(122-72)117-58-73-79(126-90(107)63-40-18-4-19-41-63)83(130-94(111)67-48-26-8-27-49-67)85(98(115)120-73)132-96(113)69-52-30-10-31-53-69/h1-55,71-86,98-103,115H,56-59H2/t71-,72-,73-,74-,75+,76+,77-,78-,79-,80-,81-,82-,83+,84+,85-,86-,98?,99-,100-,101-/m1/s1. The Bertz CT molecular complexity index is 5750. The van der Waals surface area contributed by atoms with E-state index >= 15 is 14.4 Å². The van der Waals surface area contributed by atoms with Crippen LogP contribution in [-0.4, -0.2) is 230 Å². The average molecular weight is 1810 g/mol. The van der Waals surface area contributed by atoms with Gasteiger partial charge < -0.3 is 101 Å². The van der Waals surface area contributed by atoms with Crippen molar-refractivity contribution in [3.05, 3.63) is 395 Å². The largest absolute Gasteiger partial charge is 0.459 e. The molecule has 4 saturated heterocycles. The normalized spacial score (nSPS) is 24.8. The lowest BCUT2D eigenvalue weighted by atomic mass is 9.96. The second-order valence-electron chi connectivity index (χ2n) is 30.5. The van der Waals surface area contributed by atoms with Crippen molar-refractivity contribution >= 4 is 65.7 Å². The summed E-state index contributed by atoms with van der Waals surface area (Å²) in [4.78, 5) is 160. The zero-order valence-corrected chi connectivity index (χ0v) is 70.3. The molecule has 0 bridgehead atoms. The van der Waals surface area contributed by atoms with Crippen LogP contribution in [0.3, 0.4) is 0 Å². The predicted octanol–water partition coefficient (Wildman–Crippen LogP) is 10.8. The van der Waals surface area contributed by atoms with E-state index in [1.807, 2.05) is 0 Å². The van der Waals surface area contributed by atoms with Crippen molar-refractivity contribution in [3.63, 3.8) is 0 Å². The lowest BCUT2D eigenvalue weighted by Crippen LogP contribution is -2.66. The van der Waals surface area contributed by atoms with Crippen molar-refractivity contribution < 1.29 is 153 Å². The van der Waals surface area contributed by atoms with Crippen LogP contribution in [0, 0.1) is 0 Å². The van der Waals surface area contributed by atoms with E-state index in [9.17, 15) is 53.7 Å². The fourth-order valence-electron chi connectivity index (χ4n) is 14.9. The van der Waals surface area contributed by atoms with Gasteiger partial charge in [0, 0.05) is 0 Å². The van der Waals surface area contributed by atoms with E-state index in [0.29, 0.717) is 0 Å². The Morgan fingerprint density at radius 2 is 0.361 bits per heavy atom. The van der Waals surface area contributed by atoms with Crippen LogP contribution in [0.4, 0.5) is 0 Å². The van der Waals surface area contributed by atoms with Crippen LogP contribution in [0.2, 0.25) is 0 Å². The first kappa shape index (κ1) is 92.9. The number of carbonyl (C=O) groups is 11. The van der Waals surface area contributed by atoms with Gasteiger partial charge in [-0.05, 0) is 133 Å². The third-order valence-electron chi connectivity index (χ3n) is 21.6. The van der Waals surface area contributed by atoms with Gasteiger partial charge in [0.05, 0.1) is 81.0 Å². The summed E-state index contributed by atoms with van der Waals surface area (Å²) in [5.41, 5.74) is -0.719.